The van der Waals surface area contributed by atoms with E-state index in [0.29, 0.717) is 11.3 Å². The van der Waals surface area contributed by atoms with Crippen molar-refractivity contribution in [1.29, 1.82) is 5.26 Å². The average Bonchev–Trinajstić information content (AvgIpc) is 2.73. The van der Waals surface area contributed by atoms with E-state index in [4.69, 9.17) is 14.7 Å². The lowest BCUT2D eigenvalue weighted by atomic mass is 10.1. The number of carbonyl (C=O) groups excluding carboxylic acids is 1. The summed E-state index contributed by atoms with van der Waals surface area (Å²) in [6, 6.07) is 18.8. The van der Waals surface area contributed by atoms with E-state index in [1.807, 2.05) is 30.3 Å². The van der Waals surface area contributed by atoms with Crippen molar-refractivity contribution in [3.05, 3.63) is 65.7 Å². The number of benzene rings is 2. The van der Waals surface area contributed by atoms with E-state index in [0.717, 1.165) is 38.4 Å². The van der Waals surface area contributed by atoms with Gasteiger partial charge in [0.1, 0.15) is 37.5 Å². The summed E-state index contributed by atoms with van der Waals surface area (Å²) in [5.74, 6) is 0.217. The molecule has 2 N–H and O–H groups in total. The number of hydrogen-bond acceptors (Lipinski definition) is 4. The Hall–Kier alpha value is -2.88. The number of morpholine rings is 1. The number of nitriles is 1. The zero-order chi connectivity index (χ0) is 18.9. The molecule has 0 radical (unpaired) electrons. The lowest BCUT2D eigenvalue weighted by Gasteiger charge is -2.28. The number of hydrogen-bond donors (Lipinski definition) is 2. The van der Waals surface area contributed by atoms with E-state index in [-0.39, 0.29) is 18.6 Å². The first-order valence-corrected chi connectivity index (χ1v) is 9.14. The number of nitrogens with zero attached hydrogens (tertiary/aromatic N) is 1. The van der Waals surface area contributed by atoms with Crippen molar-refractivity contribution < 1.29 is 19.2 Å². The van der Waals surface area contributed by atoms with E-state index in [1.54, 1.807) is 24.3 Å². The van der Waals surface area contributed by atoms with Gasteiger partial charge in [0.15, 0.2) is 6.61 Å². The average molecular weight is 366 g/mol. The number of ether oxygens (including phenoxy) is 2. The van der Waals surface area contributed by atoms with Gasteiger partial charge in [-0.05, 0) is 17.7 Å². The molecular weight excluding hydrogens is 342 g/mol. The van der Waals surface area contributed by atoms with Crippen molar-refractivity contribution in [2.75, 3.05) is 39.5 Å². The SMILES string of the molecule is N#Cc1ccccc1OCC(=O)N[C@@H](C[NH+]1CCOCC1)c1ccccc1. The quantitative estimate of drug-likeness (QED) is 0.757. The molecule has 2 aromatic rings. The van der Waals surface area contributed by atoms with Crippen LogP contribution in [0, 0.1) is 11.3 Å². The Morgan fingerprint density at radius 3 is 2.59 bits per heavy atom. The summed E-state index contributed by atoms with van der Waals surface area (Å²) in [6.45, 7) is 4.04. The largest absolute Gasteiger partial charge is 0.482 e. The first-order chi connectivity index (χ1) is 13.3. The lowest BCUT2D eigenvalue weighted by molar-refractivity contribution is -0.909. The topological polar surface area (TPSA) is 75.8 Å². The van der Waals surface area contributed by atoms with E-state index in [9.17, 15) is 4.79 Å². The number of carbonyl (C=O) groups is 1. The third kappa shape index (κ3) is 5.55. The maximum absolute atomic E-state index is 12.5. The molecule has 1 aliphatic heterocycles. The molecular formula is C21H24N3O3+. The molecule has 27 heavy (non-hydrogen) atoms. The first kappa shape index (κ1) is 18.9. The van der Waals surface area contributed by atoms with Crippen molar-refractivity contribution in [1.82, 2.24) is 5.32 Å². The first-order valence-electron chi connectivity index (χ1n) is 9.14. The fraction of sp³-hybridized carbons (Fsp3) is 0.333. The van der Waals surface area contributed by atoms with Gasteiger partial charge in [0, 0.05) is 0 Å². The second-order valence-electron chi connectivity index (χ2n) is 6.49. The van der Waals surface area contributed by atoms with Crippen molar-refractivity contribution in [3.8, 4) is 11.8 Å². The summed E-state index contributed by atoms with van der Waals surface area (Å²) >= 11 is 0. The molecule has 0 spiro atoms. The maximum Gasteiger partial charge on any atom is 0.258 e. The molecule has 0 aliphatic carbocycles. The molecule has 3 rings (SSSR count). The minimum atomic E-state index is -0.204. The fourth-order valence-corrected chi connectivity index (χ4v) is 3.15. The van der Waals surface area contributed by atoms with Crippen LogP contribution in [0.25, 0.3) is 0 Å². The zero-order valence-corrected chi connectivity index (χ0v) is 15.2. The fourth-order valence-electron chi connectivity index (χ4n) is 3.15. The minimum absolute atomic E-state index is 0.0957. The molecule has 6 heteroatoms. The predicted molar refractivity (Wildman–Crippen MR) is 100 cm³/mol. The van der Waals surface area contributed by atoms with E-state index < -0.39 is 0 Å². The third-order valence-corrected chi connectivity index (χ3v) is 4.60. The molecule has 2 aromatic carbocycles. The van der Waals surface area contributed by atoms with Crippen LogP contribution in [0.15, 0.2) is 54.6 Å². The molecule has 0 saturated carbocycles. The monoisotopic (exact) mass is 366 g/mol. The Balaban J connectivity index is 1.62. The lowest BCUT2D eigenvalue weighted by Crippen LogP contribution is -3.14. The van der Waals surface area contributed by atoms with E-state index >= 15 is 0 Å². The molecule has 0 aromatic heterocycles. The van der Waals surface area contributed by atoms with E-state index in [1.165, 1.54) is 4.90 Å². The Labute approximate surface area is 159 Å². The molecule has 6 nitrogen and oxygen atoms in total. The van der Waals surface area contributed by atoms with Crippen LogP contribution in [0.3, 0.4) is 0 Å². The second-order valence-corrected chi connectivity index (χ2v) is 6.49. The zero-order valence-electron chi connectivity index (χ0n) is 15.2. The van der Waals surface area contributed by atoms with Crippen LogP contribution < -0.4 is 15.0 Å². The minimum Gasteiger partial charge on any atom is -0.482 e. The van der Waals surface area contributed by atoms with Gasteiger partial charge < -0.3 is 19.7 Å². The number of quaternary nitrogens is 1. The molecule has 1 aliphatic rings. The molecule has 1 saturated heterocycles. The molecule has 140 valence electrons. The van der Waals surface area contributed by atoms with Crippen LogP contribution in [-0.4, -0.2) is 45.4 Å². The summed E-state index contributed by atoms with van der Waals surface area (Å²) in [4.78, 5) is 13.9. The van der Waals surface area contributed by atoms with Crippen LogP contribution >= 0.6 is 0 Å². The summed E-state index contributed by atoms with van der Waals surface area (Å²) in [7, 11) is 0. The highest BCUT2D eigenvalue weighted by Gasteiger charge is 2.23. The van der Waals surface area contributed by atoms with Crippen molar-refractivity contribution in [3.63, 3.8) is 0 Å². The predicted octanol–water partition coefficient (Wildman–Crippen LogP) is 0.710. The Bertz CT molecular complexity index is 783. The Morgan fingerprint density at radius 1 is 1.15 bits per heavy atom. The summed E-state index contributed by atoms with van der Waals surface area (Å²) in [5.41, 5.74) is 1.49. The van der Waals surface area contributed by atoms with Gasteiger partial charge in [-0.25, -0.2) is 0 Å². The van der Waals surface area contributed by atoms with Crippen LogP contribution in [0.5, 0.6) is 5.75 Å². The molecule has 1 amide bonds. The highest BCUT2D eigenvalue weighted by molar-refractivity contribution is 5.78. The maximum atomic E-state index is 12.5. The number of amides is 1. The van der Waals surface area contributed by atoms with E-state index in [2.05, 4.69) is 11.4 Å². The Morgan fingerprint density at radius 2 is 1.85 bits per heavy atom. The van der Waals surface area contributed by atoms with Gasteiger partial charge in [-0.2, -0.15) is 5.26 Å². The highest BCUT2D eigenvalue weighted by Crippen LogP contribution is 2.16. The third-order valence-electron chi connectivity index (χ3n) is 4.60. The van der Waals surface area contributed by atoms with Gasteiger partial charge in [0.05, 0.1) is 18.8 Å². The van der Waals surface area contributed by atoms with Gasteiger partial charge in [-0.3, -0.25) is 4.79 Å². The second kappa shape index (κ2) is 9.72. The van der Waals surface area contributed by atoms with Gasteiger partial charge in [-0.15, -0.1) is 0 Å². The van der Waals surface area contributed by atoms with Gasteiger partial charge in [-0.1, -0.05) is 42.5 Å². The van der Waals surface area contributed by atoms with Crippen LogP contribution in [0.4, 0.5) is 0 Å². The standard InChI is InChI=1S/C21H23N3O3/c22-14-18-8-4-5-9-20(18)27-16-21(25)23-19(17-6-2-1-3-7-17)15-24-10-12-26-13-11-24/h1-9,19H,10-13,15-16H2,(H,23,25)/p+1/t19-/m0/s1. The molecule has 0 bridgehead atoms. The number of nitrogens with one attached hydrogen (secondary N) is 2. The van der Waals surface area contributed by atoms with Crippen molar-refractivity contribution in [2.24, 2.45) is 0 Å². The van der Waals surface area contributed by atoms with Gasteiger partial charge in [0.2, 0.25) is 0 Å². The number of para-hydroxylation sites is 1. The van der Waals surface area contributed by atoms with Gasteiger partial charge in [0.25, 0.3) is 5.91 Å². The van der Waals surface area contributed by atoms with Crippen LogP contribution in [0.1, 0.15) is 17.2 Å². The van der Waals surface area contributed by atoms with Crippen LogP contribution in [0.2, 0.25) is 0 Å². The van der Waals surface area contributed by atoms with Crippen molar-refractivity contribution in [2.45, 2.75) is 6.04 Å². The molecule has 1 heterocycles. The van der Waals surface area contributed by atoms with Crippen LogP contribution in [-0.2, 0) is 9.53 Å². The smallest absolute Gasteiger partial charge is 0.258 e. The van der Waals surface area contributed by atoms with Crippen molar-refractivity contribution >= 4 is 5.91 Å². The molecule has 0 unspecified atom stereocenters. The normalized spacial score (nSPS) is 15.5. The molecule has 1 atom stereocenters. The summed E-state index contributed by atoms with van der Waals surface area (Å²) in [5, 5.41) is 12.2. The van der Waals surface area contributed by atoms with Gasteiger partial charge >= 0.3 is 0 Å². The summed E-state index contributed by atoms with van der Waals surface area (Å²) in [6.07, 6.45) is 0. The Kier molecular flexibility index (Phi) is 6.80. The molecule has 1 fully saturated rings. The number of rotatable bonds is 7. The highest BCUT2D eigenvalue weighted by atomic mass is 16.5. The summed E-state index contributed by atoms with van der Waals surface area (Å²) < 4.78 is 11.0.